The number of hydrogen-bond donors (Lipinski definition) is 0. The monoisotopic (exact) mass is 219 g/mol. The van der Waals surface area contributed by atoms with E-state index in [1.807, 2.05) is 44.3 Å². The second-order valence-electron chi connectivity index (χ2n) is 4.24. The van der Waals surface area contributed by atoms with Gasteiger partial charge in [0.2, 0.25) is 0 Å². The van der Waals surface area contributed by atoms with Gasteiger partial charge in [0.25, 0.3) is 0 Å². The molecule has 0 heterocycles. The van der Waals surface area contributed by atoms with E-state index in [9.17, 15) is 4.79 Å². The van der Waals surface area contributed by atoms with Crippen molar-refractivity contribution < 1.29 is 4.79 Å². The van der Waals surface area contributed by atoms with Crippen LogP contribution in [0.2, 0.25) is 0 Å². The van der Waals surface area contributed by atoms with E-state index in [4.69, 9.17) is 0 Å². The van der Waals surface area contributed by atoms with Crippen molar-refractivity contribution in [2.75, 3.05) is 13.6 Å². The Morgan fingerprint density at radius 2 is 1.94 bits per heavy atom. The maximum atomic E-state index is 12.1. The van der Waals surface area contributed by atoms with Crippen LogP contribution in [0, 0.1) is 0 Å². The minimum absolute atomic E-state index is 0.0334. The van der Waals surface area contributed by atoms with Gasteiger partial charge in [-0.25, -0.2) is 0 Å². The molecule has 1 atom stereocenters. The van der Waals surface area contributed by atoms with Gasteiger partial charge in [-0.3, -0.25) is 9.69 Å². The van der Waals surface area contributed by atoms with Gasteiger partial charge < -0.3 is 0 Å². The Balaban J connectivity index is 2.60. The normalized spacial score (nSPS) is 12.8. The van der Waals surface area contributed by atoms with Gasteiger partial charge >= 0.3 is 0 Å². The third-order valence-corrected chi connectivity index (χ3v) is 2.96. The number of benzene rings is 1. The molecule has 0 aliphatic carbocycles. The van der Waals surface area contributed by atoms with Gasteiger partial charge in [0.1, 0.15) is 0 Å². The van der Waals surface area contributed by atoms with Crippen LogP contribution in [0.1, 0.15) is 37.0 Å². The Bertz CT molecular complexity index is 321. The van der Waals surface area contributed by atoms with Crippen molar-refractivity contribution in [2.24, 2.45) is 0 Å². The van der Waals surface area contributed by atoms with Crippen LogP contribution in [-0.4, -0.2) is 30.3 Å². The van der Waals surface area contributed by atoms with E-state index in [1.165, 1.54) is 0 Å². The fourth-order valence-corrected chi connectivity index (χ4v) is 1.64. The van der Waals surface area contributed by atoms with Crippen LogP contribution in [0.15, 0.2) is 30.3 Å². The number of likely N-dealkylation sites (N-methyl/N-ethyl adjacent to an activating group) is 1. The van der Waals surface area contributed by atoms with Crippen molar-refractivity contribution in [1.82, 2.24) is 4.90 Å². The summed E-state index contributed by atoms with van der Waals surface area (Å²) in [6.07, 6.45) is 2.31. The number of nitrogens with zero attached hydrogens (tertiary/aromatic N) is 1. The molecule has 0 spiro atoms. The number of carbonyl (C=O) groups excluding carboxylic acids is 1. The molecule has 0 fully saturated rings. The molecule has 1 aromatic rings. The van der Waals surface area contributed by atoms with Crippen LogP contribution in [0.25, 0.3) is 0 Å². The lowest BCUT2D eigenvalue weighted by atomic mass is 10.0. The fraction of sp³-hybridized carbons (Fsp3) is 0.500. The predicted octanol–water partition coefficient (Wildman–Crippen LogP) is 2.99. The van der Waals surface area contributed by atoms with Crippen molar-refractivity contribution >= 4 is 5.78 Å². The zero-order valence-corrected chi connectivity index (χ0v) is 10.4. The maximum absolute atomic E-state index is 12.1. The molecule has 0 saturated carbocycles. The first-order chi connectivity index (χ1) is 7.66. The lowest BCUT2D eigenvalue weighted by Crippen LogP contribution is -2.36. The zero-order chi connectivity index (χ0) is 12.0. The Kier molecular flexibility index (Phi) is 5.20. The molecule has 0 N–H and O–H groups in total. The summed E-state index contributed by atoms with van der Waals surface area (Å²) in [5.74, 6) is 0.208. The van der Waals surface area contributed by atoms with Gasteiger partial charge in [-0.15, -0.1) is 0 Å². The van der Waals surface area contributed by atoms with Gasteiger partial charge in [0.05, 0.1) is 6.04 Å². The molecule has 1 unspecified atom stereocenters. The molecule has 0 saturated heterocycles. The molecule has 0 radical (unpaired) electrons. The third kappa shape index (κ3) is 3.46. The van der Waals surface area contributed by atoms with Crippen LogP contribution in [0.3, 0.4) is 0 Å². The first kappa shape index (κ1) is 12.9. The van der Waals surface area contributed by atoms with Crippen molar-refractivity contribution in [3.05, 3.63) is 35.9 Å². The molecule has 0 aliphatic heterocycles. The van der Waals surface area contributed by atoms with Crippen LogP contribution in [0.4, 0.5) is 0 Å². The molecule has 2 heteroatoms. The van der Waals surface area contributed by atoms with Gasteiger partial charge in [0.15, 0.2) is 5.78 Å². The average molecular weight is 219 g/mol. The summed E-state index contributed by atoms with van der Waals surface area (Å²) in [6.45, 7) is 5.12. The highest BCUT2D eigenvalue weighted by molar-refractivity contribution is 5.99. The number of ketones is 1. The van der Waals surface area contributed by atoms with Crippen LogP contribution < -0.4 is 0 Å². The fourth-order valence-electron chi connectivity index (χ4n) is 1.64. The van der Waals surface area contributed by atoms with E-state index in [2.05, 4.69) is 11.8 Å². The Hall–Kier alpha value is -1.15. The molecular weight excluding hydrogens is 198 g/mol. The first-order valence-electron chi connectivity index (χ1n) is 5.96. The summed E-state index contributed by atoms with van der Waals surface area (Å²) in [6, 6.07) is 9.48. The predicted molar refractivity (Wildman–Crippen MR) is 67.8 cm³/mol. The second-order valence-corrected chi connectivity index (χ2v) is 4.24. The highest BCUT2D eigenvalue weighted by Crippen LogP contribution is 2.08. The van der Waals surface area contributed by atoms with Crippen molar-refractivity contribution in [3.8, 4) is 0 Å². The molecular formula is C14H21NO. The van der Waals surface area contributed by atoms with E-state index < -0.39 is 0 Å². The van der Waals surface area contributed by atoms with Crippen LogP contribution in [-0.2, 0) is 0 Å². The standard InChI is InChI=1S/C14H21NO/c1-4-5-11-15(3)12(2)14(16)13-9-7-6-8-10-13/h6-10,12H,4-5,11H2,1-3H3. The molecule has 2 nitrogen and oxygen atoms in total. The summed E-state index contributed by atoms with van der Waals surface area (Å²) >= 11 is 0. The third-order valence-electron chi connectivity index (χ3n) is 2.96. The maximum Gasteiger partial charge on any atom is 0.179 e. The average Bonchev–Trinajstić information content (AvgIpc) is 2.35. The van der Waals surface area contributed by atoms with E-state index in [0.717, 1.165) is 24.9 Å². The molecule has 0 aromatic heterocycles. The van der Waals surface area contributed by atoms with E-state index in [1.54, 1.807) is 0 Å². The smallest absolute Gasteiger partial charge is 0.179 e. The zero-order valence-electron chi connectivity index (χ0n) is 10.4. The summed E-state index contributed by atoms with van der Waals surface area (Å²) in [7, 11) is 2.02. The Morgan fingerprint density at radius 1 is 1.31 bits per heavy atom. The van der Waals surface area contributed by atoms with E-state index in [-0.39, 0.29) is 11.8 Å². The second kappa shape index (κ2) is 6.44. The number of Topliss-reactive ketones (excluding diaryl/α,β-unsaturated/α-hetero) is 1. The highest BCUT2D eigenvalue weighted by Gasteiger charge is 2.18. The number of carbonyl (C=O) groups is 1. The summed E-state index contributed by atoms with van der Waals surface area (Å²) < 4.78 is 0. The van der Waals surface area contributed by atoms with E-state index in [0.29, 0.717) is 0 Å². The van der Waals surface area contributed by atoms with E-state index >= 15 is 0 Å². The molecule has 0 bridgehead atoms. The van der Waals surface area contributed by atoms with Crippen molar-refractivity contribution in [2.45, 2.75) is 32.7 Å². The van der Waals surface area contributed by atoms with Gasteiger partial charge in [-0.1, -0.05) is 43.7 Å². The molecule has 16 heavy (non-hydrogen) atoms. The van der Waals surface area contributed by atoms with Crippen LogP contribution >= 0.6 is 0 Å². The minimum atomic E-state index is -0.0334. The first-order valence-corrected chi connectivity index (χ1v) is 5.96. The minimum Gasteiger partial charge on any atom is -0.297 e. The molecule has 1 rings (SSSR count). The molecule has 1 aromatic carbocycles. The number of rotatable bonds is 6. The highest BCUT2D eigenvalue weighted by atomic mass is 16.1. The SMILES string of the molecule is CCCCN(C)C(C)C(=O)c1ccccc1. The lowest BCUT2D eigenvalue weighted by Gasteiger charge is -2.23. The Morgan fingerprint density at radius 3 is 2.50 bits per heavy atom. The topological polar surface area (TPSA) is 20.3 Å². The summed E-state index contributed by atoms with van der Waals surface area (Å²) in [5.41, 5.74) is 0.804. The quantitative estimate of drug-likeness (QED) is 0.685. The van der Waals surface area contributed by atoms with Gasteiger partial charge in [-0.2, -0.15) is 0 Å². The van der Waals surface area contributed by atoms with Gasteiger partial charge in [0, 0.05) is 5.56 Å². The molecule has 0 aliphatic rings. The van der Waals surface area contributed by atoms with Crippen molar-refractivity contribution in [3.63, 3.8) is 0 Å². The van der Waals surface area contributed by atoms with Crippen LogP contribution in [0.5, 0.6) is 0 Å². The molecule has 0 amide bonds. The lowest BCUT2D eigenvalue weighted by molar-refractivity contribution is 0.0867. The summed E-state index contributed by atoms with van der Waals surface area (Å²) in [5, 5.41) is 0. The largest absolute Gasteiger partial charge is 0.297 e. The molecule has 88 valence electrons. The summed E-state index contributed by atoms with van der Waals surface area (Å²) in [4.78, 5) is 14.2. The number of hydrogen-bond acceptors (Lipinski definition) is 2. The van der Waals surface area contributed by atoms with Gasteiger partial charge in [-0.05, 0) is 26.9 Å². The number of unbranched alkanes of at least 4 members (excludes halogenated alkanes) is 1. The Labute approximate surface area is 98.3 Å². The van der Waals surface area contributed by atoms with Crippen molar-refractivity contribution in [1.29, 1.82) is 0 Å².